The van der Waals surface area contributed by atoms with Gasteiger partial charge in [-0.05, 0) is 42.5 Å². The fourth-order valence-electron chi connectivity index (χ4n) is 1.87. The Balaban J connectivity index is 1.57. The van der Waals surface area contributed by atoms with Gasteiger partial charge in [0, 0.05) is 15.7 Å². The predicted molar refractivity (Wildman–Crippen MR) is 93.2 cm³/mol. The largest absolute Gasteiger partial charge is 0.411 e. The third-order valence-electron chi connectivity index (χ3n) is 2.93. The Hall–Kier alpha value is -2.19. The first-order valence-electron chi connectivity index (χ1n) is 6.88. The van der Waals surface area contributed by atoms with Gasteiger partial charge in [0.1, 0.15) is 5.82 Å². The predicted octanol–water partition coefficient (Wildman–Crippen LogP) is 4.37. The number of thioether (sulfide) groups is 1. The summed E-state index contributed by atoms with van der Waals surface area (Å²) < 4.78 is 19.2. The Bertz CT molecular complexity index is 855. The highest BCUT2D eigenvalue weighted by Crippen LogP contribution is 2.23. The van der Waals surface area contributed by atoms with E-state index in [1.54, 1.807) is 18.2 Å². The molecule has 24 heavy (non-hydrogen) atoms. The van der Waals surface area contributed by atoms with Crippen molar-refractivity contribution in [3.63, 3.8) is 0 Å². The van der Waals surface area contributed by atoms with Gasteiger partial charge in [-0.1, -0.05) is 33.8 Å². The molecule has 1 aromatic heterocycles. The lowest BCUT2D eigenvalue weighted by atomic mass is 10.2. The molecule has 3 aromatic rings. The summed E-state index contributed by atoms with van der Waals surface area (Å²) in [5.41, 5.74) is 1.32. The van der Waals surface area contributed by atoms with Crippen molar-refractivity contribution in [2.75, 3.05) is 11.1 Å². The number of anilines is 1. The van der Waals surface area contributed by atoms with Crippen LogP contribution in [0.2, 0.25) is 0 Å². The maximum Gasteiger partial charge on any atom is 0.277 e. The van der Waals surface area contributed by atoms with E-state index in [0.717, 1.165) is 16.2 Å². The molecule has 0 aliphatic carbocycles. The number of hydrogen-bond donors (Lipinski definition) is 1. The number of aromatic nitrogens is 2. The van der Waals surface area contributed by atoms with Crippen molar-refractivity contribution in [1.82, 2.24) is 10.2 Å². The SMILES string of the molecule is O=C(CSc1nnc(-c2ccc(F)cc2)o1)Nc1cccc(Br)c1. The van der Waals surface area contributed by atoms with E-state index in [4.69, 9.17) is 4.42 Å². The molecule has 122 valence electrons. The van der Waals surface area contributed by atoms with Crippen LogP contribution in [0.3, 0.4) is 0 Å². The van der Waals surface area contributed by atoms with E-state index >= 15 is 0 Å². The highest BCUT2D eigenvalue weighted by atomic mass is 79.9. The standard InChI is InChI=1S/C16H11BrFN3O2S/c17-11-2-1-3-13(8-11)19-14(22)9-24-16-21-20-15(23-16)10-4-6-12(18)7-5-10/h1-8H,9H2,(H,19,22). The number of carbonyl (C=O) groups is 1. The van der Waals surface area contributed by atoms with Crippen molar-refractivity contribution in [2.24, 2.45) is 0 Å². The molecular formula is C16H11BrFN3O2S. The highest BCUT2D eigenvalue weighted by molar-refractivity contribution is 9.10. The summed E-state index contributed by atoms with van der Waals surface area (Å²) >= 11 is 4.48. The molecule has 0 radical (unpaired) electrons. The molecule has 0 fully saturated rings. The average molecular weight is 408 g/mol. The summed E-state index contributed by atoms with van der Waals surface area (Å²) in [6.07, 6.45) is 0. The molecule has 3 rings (SSSR count). The minimum absolute atomic E-state index is 0.136. The zero-order chi connectivity index (χ0) is 16.9. The molecule has 8 heteroatoms. The Kier molecular flexibility index (Phi) is 5.27. The van der Waals surface area contributed by atoms with Crippen LogP contribution in [0.1, 0.15) is 0 Å². The molecule has 0 atom stereocenters. The van der Waals surface area contributed by atoms with Gasteiger partial charge in [-0.25, -0.2) is 4.39 Å². The Labute approximate surface area is 149 Å². The number of halogens is 2. The van der Waals surface area contributed by atoms with Crippen LogP contribution in [0.15, 0.2) is 62.6 Å². The summed E-state index contributed by atoms with van der Waals surface area (Å²) in [5.74, 6) is -0.0981. The normalized spacial score (nSPS) is 10.6. The number of carbonyl (C=O) groups excluding carboxylic acids is 1. The molecule has 1 amide bonds. The van der Waals surface area contributed by atoms with Gasteiger partial charge in [-0.3, -0.25) is 4.79 Å². The van der Waals surface area contributed by atoms with E-state index in [9.17, 15) is 9.18 Å². The first kappa shape index (κ1) is 16.7. The number of benzene rings is 2. The molecule has 0 aliphatic heterocycles. The Morgan fingerprint density at radius 1 is 1.21 bits per heavy atom. The number of hydrogen-bond acceptors (Lipinski definition) is 5. The Morgan fingerprint density at radius 3 is 2.75 bits per heavy atom. The molecule has 0 aliphatic rings. The third-order valence-corrected chi connectivity index (χ3v) is 4.24. The minimum Gasteiger partial charge on any atom is -0.411 e. The van der Waals surface area contributed by atoms with Crippen LogP contribution in [-0.4, -0.2) is 21.9 Å². The molecule has 1 heterocycles. The second-order valence-electron chi connectivity index (χ2n) is 4.73. The van der Waals surface area contributed by atoms with Crippen molar-refractivity contribution < 1.29 is 13.6 Å². The summed E-state index contributed by atoms with van der Waals surface area (Å²) in [6.45, 7) is 0. The average Bonchev–Trinajstić information content (AvgIpc) is 3.03. The van der Waals surface area contributed by atoms with E-state index in [0.29, 0.717) is 11.3 Å². The first-order chi connectivity index (χ1) is 11.6. The van der Waals surface area contributed by atoms with Gasteiger partial charge in [-0.15, -0.1) is 10.2 Å². The summed E-state index contributed by atoms with van der Waals surface area (Å²) in [7, 11) is 0. The molecule has 0 spiro atoms. The minimum atomic E-state index is -0.336. The van der Waals surface area contributed by atoms with Gasteiger partial charge in [0.15, 0.2) is 0 Å². The van der Waals surface area contributed by atoms with Crippen LogP contribution < -0.4 is 5.32 Å². The van der Waals surface area contributed by atoms with Gasteiger partial charge in [0.25, 0.3) is 5.22 Å². The molecule has 5 nitrogen and oxygen atoms in total. The van der Waals surface area contributed by atoms with E-state index in [1.807, 2.05) is 18.2 Å². The second-order valence-corrected chi connectivity index (χ2v) is 6.57. The maximum atomic E-state index is 12.9. The summed E-state index contributed by atoms with van der Waals surface area (Å²) in [5, 5.41) is 10.8. The fraction of sp³-hybridized carbons (Fsp3) is 0.0625. The van der Waals surface area contributed by atoms with Crippen molar-refractivity contribution in [3.8, 4) is 11.5 Å². The molecule has 2 aromatic carbocycles. The van der Waals surface area contributed by atoms with Crippen molar-refractivity contribution in [1.29, 1.82) is 0 Å². The monoisotopic (exact) mass is 407 g/mol. The quantitative estimate of drug-likeness (QED) is 0.635. The van der Waals surface area contributed by atoms with Crippen molar-refractivity contribution >= 4 is 39.3 Å². The number of amides is 1. The highest BCUT2D eigenvalue weighted by Gasteiger charge is 2.11. The fourth-order valence-corrected chi connectivity index (χ4v) is 2.83. The molecule has 0 bridgehead atoms. The molecule has 1 N–H and O–H groups in total. The van der Waals surface area contributed by atoms with E-state index < -0.39 is 0 Å². The smallest absolute Gasteiger partial charge is 0.277 e. The molecule has 0 saturated heterocycles. The van der Waals surface area contributed by atoms with Crippen molar-refractivity contribution in [3.05, 3.63) is 58.8 Å². The molecular weight excluding hydrogens is 397 g/mol. The molecule has 0 saturated carbocycles. The van der Waals surface area contributed by atoms with Gasteiger partial charge in [-0.2, -0.15) is 0 Å². The molecule has 0 unspecified atom stereocenters. The number of nitrogens with one attached hydrogen (secondary N) is 1. The van der Waals surface area contributed by atoms with Gasteiger partial charge < -0.3 is 9.73 Å². The zero-order valence-corrected chi connectivity index (χ0v) is 14.6. The third kappa shape index (κ3) is 4.42. The number of nitrogens with zero attached hydrogens (tertiary/aromatic N) is 2. The summed E-state index contributed by atoms with van der Waals surface area (Å²) in [4.78, 5) is 11.9. The summed E-state index contributed by atoms with van der Waals surface area (Å²) in [6, 6.07) is 13.1. The lowest BCUT2D eigenvalue weighted by Crippen LogP contribution is -2.13. The van der Waals surface area contributed by atoms with Crippen LogP contribution >= 0.6 is 27.7 Å². The van der Waals surface area contributed by atoms with Crippen LogP contribution in [0.4, 0.5) is 10.1 Å². The lowest BCUT2D eigenvalue weighted by molar-refractivity contribution is -0.113. The second kappa shape index (κ2) is 7.59. The van der Waals surface area contributed by atoms with Gasteiger partial charge in [0.05, 0.1) is 5.75 Å². The number of rotatable bonds is 5. The Morgan fingerprint density at radius 2 is 2.00 bits per heavy atom. The van der Waals surface area contributed by atoms with Crippen molar-refractivity contribution in [2.45, 2.75) is 5.22 Å². The zero-order valence-electron chi connectivity index (χ0n) is 12.2. The topological polar surface area (TPSA) is 68.0 Å². The van der Waals surface area contributed by atoms with Gasteiger partial charge in [0.2, 0.25) is 11.8 Å². The van der Waals surface area contributed by atoms with Gasteiger partial charge >= 0.3 is 0 Å². The van der Waals surface area contributed by atoms with Crippen LogP contribution in [0, 0.1) is 5.82 Å². The first-order valence-corrected chi connectivity index (χ1v) is 8.66. The van der Waals surface area contributed by atoms with E-state index in [-0.39, 0.29) is 28.6 Å². The lowest BCUT2D eigenvalue weighted by Gasteiger charge is -2.04. The maximum absolute atomic E-state index is 12.9. The van der Waals surface area contributed by atoms with Crippen LogP contribution in [0.25, 0.3) is 11.5 Å². The van der Waals surface area contributed by atoms with Crippen LogP contribution in [0.5, 0.6) is 0 Å². The van der Waals surface area contributed by atoms with Crippen LogP contribution in [-0.2, 0) is 4.79 Å². The van der Waals surface area contributed by atoms with E-state index in [1.165, 1.54) is 12.1 Å². The van der Waals surface area contributed by atoms with E-state index in [2.05, 4.69) is 31.4 Å².